The van der Waals surface area contributed by atoms with Gasteiger partial charge in [0, 0.05) is 31.7 Å². The van der Waals surface area contributed by atoms with E-state index < -0.39 is 5.60 Å². The summed E-state index contributed by atoms with van der Waals surface area (Å²) >= 11 is 0. The van der Waals surface area contributed by atoms with Gasteiger partial charge in [-0.3, -0.25) is 0 Å². The zero-order chi connectivity index (χ0) is 22.9. The number of ether oxygens (including phenoxy) is 2. The number of likely N-dealkylation sites (N-methyl/N-ethyl adjacent to an activating group) is 1. The van der Waals surface area contributed by atoms with Gasteiger partial charge in [-0.25, -0.2) is 9.79 Å². The van der Waals surface area contributed by atoms with Crippen LogP contribution < -0.4 is 15.4 Å². The van der Waals surface area contributed by atoms with Crippen LogP contribution in [0.3, 0.4) is 0 Å². The van der Waals surface area contributed by atoms with Crippen molar-refractivity contribution in [3.8, 4) is 5.75 Å². The van der Waals surface area contributed by atoms with Crippen LogP contribution in [0.1, 0.15) is 39.7 Å². The molecule has 182 valence electrons. The fourth-order valence-electron chi connectivity index (χ4n) is 3.24. The third-order valence-electron chi connectivity index (χ3n) is 4.71. The molecule has 0 bridgehead atoms. The van der Waals surface area contributed by atoms with Crippen molar-refractivity contribution < 1.29 is 14.3 Å². The van der Waals surface area contributed by atoms with E-state index in [1.54, 1.807) is 0 Å². The van der Waals surface area contributed by atoms with Crippen LogP contribution in [-0.4, -0.2) is 80.4 Å². The molecule has 0 aromatic heterocycles. The summed E-state index contributed by atoms with van der Waals surface area (Å²) in [6.45, 7) is 12.0. The van der Waals surface area contributed by atoms with Crippen LogP contribution in [0.2, 0.25) is 0 Å². The number of nitrogens with zero attached hydrogens (tertiary/aromatic N) is 3. The first-order chi connectivity index (χ1) is 14.7. The van der Waals surface area contributed by atoms with E-state index in [-0.39, 0.29) is 36.1 Å². The molecular weight excluding hydrogens is 521 g/mol. The molecule has 0 spiro atoms. The Morgan fingerprint density at radius 1 is 1.28 bits per heavy atom. The molecular formula is C23H40IN5O3. The van der Waals surface area contributed by atoms with Crippen molar-refractivity contribution in [2.24, 2.45) is 4.99 Å². The molecule has 1 saturated heterocycles. The molecule has 1 aliphatic rings. The maximum atomic E-state index is 12.1. The predicted molar refractivity (Wildman–Crippen MR) is 140 cm³/mol. The summed E-state index contributed by atoms with van der Waals surface area (Å²) < 4.78 is 11.3. The van der Waals surface area contributed by atoms with Crippen LogP contribution in [0, 0.1) is 0 Å². The number of alkyl carbamates (subject to hydrolysis) is 1. The molecule has 1 unspecified atom stereocenters. The lowest BCUT2D eigenvalue weighted by Gasteiger charge is -2.23. The highest BCUT2D eigenvalue weighted by molar-refractivity contribution is 14.0. The van der Waals surface area contributed by atoms with Crippen LogP contribution in [0.25, 0.3) is 0 Å². The van der Waals surface area contributed by atoms with Gasteiger partial charge in [0.25, 0.3) is 0 Å². The van der Waals surface area contributed by atoms with Crippen LogP contribution >= 0.6 is 24.0 Å². The first kappa shape index (κ1) is 28.3. The highest BCUT2D eigenvalue weighted by Crippen LogP contribution is 2.19. The lowest BCUT2D eigenvalue weighted by molar-refractivity contribution is 0.0507. The summed E-state index contributed by atoms with van der Waals surface area (Å²) in [5, 5.41) is 6.34. The normalized spacial score (nSPS) is 16.5. The summed E-state index contributed by atoms with van der Waals surface area (Å²) in [5.41, 5.74) is 0.556. The van der Waals surface area contributed by atoms with Gasteiger partial charge in [0.15, 0.2) is 5.96 Å². The minimum atomic E-state index is -0.499. The summed E-state index contributed by atoms with van der Waals surface area (Å²) in [6, 6.07) is 8.07. The molecule has 1 amide bonds. The van der Waals surface area contributed by atoms with Crippen molar-refractivity contribution in [2.75, 3.05) is 46.9 Å². The number of benzene rings is 1. The molecule has 1 atom stereocenters. The number of guanidine groups is 1. The van der Waals surface area contributed by atoms with E-state index in [1.165, 1.54) is 0 Å². The van der Waals surface area contributed by atoms with Crippen LogP contribution in [-0.2, 0) is 11.3 Å². The molecule has 9 heteroatoms. The molecule has 1 aliphatic heterocycles. The Labute approximate surface area is 210 Å². The highest BCUT2D eigenvalue weighted by Gasteiger charge is 2.27. The average Bonchev–Trinajstić information content (AvgIpc) is 3.12. The maximum absolute atomic E-state index is 12.1. The smallest absolute Gasteiger partial charge is 0.407 e. The second kappa shape index (κ2) is 13.7. The summed E-state index contributed by atoms with van der Waals surface area (Å²) in [7, 11) is 4.06. The monoisotopic (exact) mass is 561 g/mol. The minimum absolute atomic E-state index is 0. The Morgan fingerprint density at radius 3 is 2.66 bits per heavy atom. The Bertz CT molecular complexity index is 737. The third-order valence-corrected chi connectivity index (χ3v) is 4.71. The lowest BCUT2D eigenvalue weighted by atomic mass is 10.2. The molecule has 0 aliphatic carbocycles. The van der Waals surface area contributed by atoms with Gasteiger partial charge in [-0.1, -0.05) is 18.2 Å². The van der Waals surface area contributed by atoms with E-state index >= 15 is 0 Å². The van der Waals surface area contributed by atoms with Gasteiger partial charge in [-0.2, -0.15) is 0 Å². The van der Waals surface area contributed by atoms with Crippen molar-refractivity contribution in [1.82, 2.24) is 20.4 Å². The minimum Gasteiger partial charge on any atom is -0.492 e. The van der Waals surface area contributed by atoms with Gasteiger partial charge >= 0.3 is 6.09 Å². The van der Waals surface area contributed by atoms with E-state index in [0.717, 1.165) is 43.3 Å². The number of hydrogen-bond acceptors (Lipinski definition) is 5. The molecule has 32 heavy (non-hydrogen) atoms. The number of halogens is 1. The summed E-state index contributed by atoms with van der Waals surface area (Å²) in [4.78, 5) is 21.2. The van der Waals surface area contributed by atoms with Crippen molar-refractivity contribution in [1.29, 1.82) is 0 Å². The maximum Gasteiger partial charge on any atom is 0.407 e. The van der Waals surface area contributed by atoms with Gasteiger partial charge in [-0.15, -0.1) is 24.0 Å². The van der Waals surface area contributed by atoms with Gasteiger partial charge in [-0.05, 0) is 54.3 Å². The zero-order valence-electron chi connectivity index (χ0n) is 20.3. The molecule has 2 N–H and O–H groups in total. The molecule has 1 fully saturated rings. The molecule has 1 aromatic carbocycles. The van der Waals surface area contributed by atoms with Gasteiger partial charge in [0.2, 0.25) is 0 Å². The van der Waals surface area contributed by atoms with E-state index in [4.69, 9.17) is 14.5 Å². The second-order valence-corrected chi connectivity index (χ2v) is 9.01. The second-order valence-electron chi connectivity index (χ2n) is 9.01. The SMILES string of the molecule is CCNC(=NCc1ccccc1OCCN(C)C)N1CCC(NC(=O)OC(C)(C)C)C1.I. The van der Waals surface area contributed by atoms with Crippen molar-refractivity contribution in [3.63, 3.8) is 0 Å². The Balaban J connectivity index is 0.00000512. The summed E-state index contributed by atoms with van der Waals surface area (Å²) in [5.74, 6) is 1.72. The number of aliphatic imine (C=N–C) groups is 1. The molecule has 0 saturated carbocycles. The number of amides is 1. The van der Waals surface area contributed by atoms with Crippen molar-refractivity contribution >= 4 is 36.0 Å². The zero-order valence-corrected chi connectivity index (χ0v) is 22.6. The third kappa shape index (κ3) is 10.2. The highest BCUT2D eigenvalue weighted by atomic mass is 127. The molecule has 8 nitrogen and oxygen atoms in total. The summed E-state index contributed by atoms with van der Waals surface area (Å²) in [6.07, 6.45) is 0.485. The number of nitrogens with one attached hydrogen (secondary N) is 2. The Hall–Kier alpha value is -1.75. The van der Waals surface area contributed by atoms with Gasteiger partial charge < -0.3 is 29.9 Å². The van der Waals surface area contributed by atoms with Crippen LogP contribution in [0.15, 0.2) is 29.3 Å². The van der Waals surface area contributed by atoms with Crippen LogP contribution in [0.5, 0.6) is 5.75 Å². The quantitative estimate of drug-likeness (QED) is 0.288. The van der Waals surface area contributed by atoms with Crippen LogP contribution in [0.4, 0.5) is 4.79 Å². The topological polar surface area (TPSA) is 78.4 Å². The number of carbonyl (C=O) groups excluding carboxylic acids is 1. The molecule has 1 heterocycles. The molecule has 2 rings (SSSR count). The van der Waals surface area contributed by atoms with E-state index in [2.05, 4.69) is 33.4 Å². The number of carbonyl (C=O) groups is 1. The Kier molecular flexibility index (Phi) is 12.1. The van der Waals surface area contributed by atoms with E-state index in [9.17, 15) is 4.79 Å². The van der Waals surface area contributed by atoms with Gasteiger partial charge in [0.05, 0.1) is 12.6 Å². The number of para-hydroxylation sites is 1. The number of likely N-dealkylation sites (tertiary alicyclic amines) is 1. The van der Waals surface area contributed by atoms with Crippen molar-refractivity contribution in [3.05, 3.63) is 29.8 Å². The Morgan fingerprint density at radius 2 is 2.00 bits per heavy atom. The van der Waals surface area contributed by atoms with E-state index in [0.29, 0.717) is 19.7 Å². The average molecular weight is 562 g/mol. The number of hydrogen-bond donors (Lipinski definition) is 2. The van der Waals surface area contributed by atoms with Gasteiger partial charge in [0.1, 0.15) is 18.0 Å². The largest absolute Gasteiger partial charge is 0.492 e. The lowest BCUT2D eigenvalue weighted by Crippen LogP contribution is -2.44. The predicted octanol–water partition coefficient (Wildman–Crippen LogP) is 3.31. The molecule has 0 radical (unpaired) electrons. The first-order valence-electron chi connectivity index (χ1n) is 11.1. The van der Waals surface area contributed by atoms with Crippen molar-refractivity contribution in [2.45, 2.75) is 52.3 Å². The fourth-order valence-corrected chi connectivity index (χ4v) is 3.24. The number of rotatable bonds is 8. The fraction of sp³-hybridized carbons (Fsp3) is 0.652. The standard InChI is InChI=1S/C23H39N5O3.HI/c1-7-24-21(28-13-12-19(17-28)26-22(29)31-23(2,3)4)25-16-18-10-8-9-11-20(18)30-15-14-27(5)6;/h8-11,19H,7,12-17H2,1-6H3,(H,24,25)(H,26,29);1H. The molecule has 1 aromatic rings. The van der Waals surface area contributed by atoms with E-state index in [1.807, 2.05) is 53.1 Å². The first-order valence-corrected chi connectivity index (χ1v) is 11.1.